The number of nitrogens with zero attached hydrogens (tertiary/aromatic N) is 6. The zero-order valence-electron chi connectivity index (χ0n) is 33.8. The minimum Gasteiger partial charge on any atom is -0.559 e. The van der Waals surface area contributed by atoms with E-state index in [0.717, 1.165) is 85.7 Å². The molecule has 1 spiro atoms. The molecule has 10 rings (SSSR count). The van der Waals surface area contributed by atoms with Crippen LogP contribution in [0.3, 0.4) is 0 Å². The number of carbonyl (C=O) groups is 2. The summed E-state index contributed by atoms with van der Waals surface area (Å²) < 4.78 is 54.1. The molecule has 2 amide bonds. The number of alkyl halides is 3. The van der Waals surface area contributed by atoms with Crippen LogP contribution in [0.25, 0.3) is 10.9 Å². The minimum atomic E-state index is -4.33. The first kappa shape index (κ1) is 42.0. The molecule has 312 valence electrons. The van der Waals surface area contributed by atoms with E-state index in [4.69, 9.17) is 14.5 Å². The predicted molar refractivity (Wildman–Crippen MR) is 213 cm³/mol. The SMILES string of the molecule is O=C1[CH-]CCC(=O)N1.[CH2-]c1c([C-]=O)ccc2c1OC[C@H]1CN(CC3COC4(C3)CN(c3ccc([C@@H]5c6ccc7[nH]ncc7c6C[C@@H](C)N5CC(F)(F)F)nc3)C4)CCN21.[Li+]. The molecule has 0 aliphatic carbocycles. The number of halogens is 3. The van der Waals surface area contributed by atoms with Gasteiger partial charge in [-0.2, -0.15) is 24.7 Å². The van der Waals surface area contributed by atoms with Crippen LogP contribution in [0.2, 0.25) is 0 Å². The number of amides is 2. The Morgan fingerprint density at radius 3 is 2.63 bits per heavy atom. The van der Waals surface area contributed by atoms with Crippen molar-refractivity contribution < 1.29 is 55.9 Å². The van der Waals surface area contributed by atoms with Crippen LogP contribution in [0.15, 0.2) is 48.8 Å². The number of piperazine rings is 1. The fourth-order valence-electron chi connectivity index (χ4n) is 9.83. The second-order valence-electron chi connectivity index (χ2n) is 16.7. The number of nitrogens with one attached hydrogen (secondary N) is 2. The molecule has 8 heterocycles. The molecule has 2 N–H and O–H groups in total. The molecule has 0 radical (unpaired) electrons. The van der Waals surface area contributed by atoms with E-state index in [1.807, 2.05) is 43.5 Å². The molecule has 6 aliphatic heterocycles. The van der Waals surface area contributed by atoms with Crippen LogP contribution >= 0.6 is 0 Å². The van der Waals surface area contributed by atoms with Crippen molar-refractivity contribution in [3.8, 4) is 5.75 Å². The van der Waals surface area contributed by atoms with Gasteiger partial charge in [-0.15, -0.1) is 6.07 Å². The molecular weight excluding hydrogens is 772 g/mol. The molecule has 17 heteroatoms. The van der Waals surface area contributed by atoms with Gasteiger partial charge in [0.1, 0.15) is 5.60 Å². The van der Waals surface area contributed by atoms with Gasteiger partial charge in [0, 0.05) is 57.1 Å². The molecule has 6 aliphatic rings. The van der Waals surface area contributed by atoms with Crippen LogP contribution in [0.1, 0.15) is 60.2 Å². The van der Waals surface area contributed by atoms with Gasteiger partial charge in [-0.3, -0.25) is 42.7 Å². The molecule has 2 aromatic heterocycles. The summed E-state index contributed by atoms with van der Waals surface area (Å²) in [6, 6.07) is 10.7. The Labute approximate surface area is 358 Å². The summed E-state index contributed by atoms with van der Waals surface area (Å²) in [5, 5.41) is 10.3. The quantitative estimate of drug-likeness (QED) is 0.166. The van der Waals surface area contributed by atoms with Crippen molar-refractivity contribution in [1.29, 1.82) is 0 Å². The number of ether oxygens (including phenoxy) is 2. The van der Waals surface area contributed by atoms with Gasteiger partial charge in [0.25, 0.3) is 0 Å². The fourth-order valence-corrected chi connectivity index (χ4v) is 9.83. The second-order valence-corrected chi connectivity index (χ2v) is 16.7. The van der Waals surface area contributed by atoms with Gasteiger partial charge in [0.15, 0.2) is 0 Å². The summed E-state index contributed by atoms with van der Waals surface area (Å²) in [6.07, 6.45) is 5.19. The largest absolute Gasteiger partial charge is 1.00 e. The van der Waals surface area contributed by atoms with E-state index in [0.29, 0.717) is 54.4 Å². The summed E-state index contributed by atoms with van der Waals surface area (Å²) in [6.45, 7) is 11.4. The smallest absolute Gasteiger partial charge is 0.559 e. The van der Waals surface area contributed by atoms with Crippen LogP contribution in [0, 0.1) is 19.3 Å². The van der Waals surface area contributed by atoms with E-state index < -0.39 is 18.8 Å². The van der Waals surface area contributed by atoms with E-state index in [1.54, 1.807) is 18.5 Å². The normalized spacial score (nSPS) is 24.7. The number of H-pyrrole nitrogens is 1. The van der Waals surface area contributed by atoms with Crippen molar-refractivity contribution in [3.63, 3.8) is 0 Å². The van der Waals surface area contributed by atoms with Gasteiger partial charge >= 0.3 is 25.0 Å². The van der Waals surface area contributed by atoms with E-state index >= 15 is 0 Å². The topological polar surface area (TPSA) is 136 Å². The average Bonchev–Trinajstić information content (AvgIpc) is 3.86. The molecule has 1 unspecified atom stereocenters. The van der Waals surface area contributed by atoms with Gasteiger partial charge in [-0.25, -0.2) is 6.07 Å². The molecule has 4 saturated heterocycles. The Bertz CT molecular complexity index is 2240. The first-order valence-electron chi connectivity index (χ1n) is 20.1. The number of imide groups is 1. The molecule has 4 fully saturated rings. The van der Waals surface area contributed by atoms with Crippen molar-refractivity contribution >= 4 is 40.4 Å². The number of fused-ring (bicyclic) bond motifs is 6. The molecule has 2 aromatic carbocycles. The fraction of sp³-hybridized carbons (Fsp3) is 0.465. The molecule has 13 nitrogen and oxygen atoms in total. The van der Waals surface area contributed by atoms with Crippen molar-refractivity contribution in [3.05, 3.63) is 90.1 Å². The predicted octanol–water partition coefficient (Wildman–Crippen LogP) is 1.31. The van der Waals surface area contributed by atoms with Gasteiger partial charge in [0.05, 0.1) is 67.0 Å². The third-order valence-electron chi connectivity index (χ3n) is 12.6. The number of piperidine rings is 1. The zero-order chi connectivity index (χ0) is 41.1. The van der Waals surface area contributed by atoms with Crippen LogP contribution in [0.4, 0.5) is 24.5 Å². The van der Waals surface area contributed by atoms with Crippen molar-refractivity contribution in [1.82, 2.24) is 30.3 Å². The zero-order valence-corrected chi connectivity index (χ0v) is 33.8. The van der Waals surface area contributed by atoms with Crippen molar-refractivity contribution in [2.45, 2.75) is 62.5 Å². The van der Waals surface area contributed by atoms with E-state index in [2.05, 4.69) is 37.1 Å². The summed E-state index contributed by atoms with van der Waals surface area (Å²) in [5.41, 5.74) is 6.17. The number of benzene rings is 2. The number of carbonyl (C=O) groups excluding carboxylic acids is 3. The standard InChI is InChI=1S/C38H40F3N7O3.C5H6NO2.Li/c1-23-11-30-29(5-7-32-31(30)14-43-44-32)35(48(23)22-38(39,40)41)33-6-4-27(13-42-33)46-20-37(21-46)12-25(18-51-37)15-45-9-10-47-28(16-45)19-50-36-24(2)26(17-49)3-8-34(36)47;7-4-2-1-3-5(8)6-4;/h3-8,13-14,23,25,28,35H,2,9-12,15-16,18-22H2,1H3,(H,43,44);2H,1,3H2,(H,6,7,8);/q-2;-1;+1/t23-,25?,28-,35+;;/m1../s1. The summed E-state index contributed by atoms with van der Waals surface area (Å²) in [4.78, 5) is 45.3. The first-order valence-corrected chi connectivity index (χ1v) is 20.1. The minimum absolute atomic E-state index is 0. The maximum atomic E-state index is 13.8. The van der Waals surface area contributed by atoms with E-state index in [-0.39, 0.29) is 48.4 Å². The summed E-state index contributed by atoms with van der Waals surface area (Å²) in [5.74, 6) is 0.695. The number of aromatic amines is 1. The van der Waals surface area contributed by atoms with E-state index in [1.165, 1.54) is 11.3 Å². The molecule has 0 saturated carbocycles. The van der Waals surface area contributed by atoms with Crippen LogP contribution < -0.4 is 38.7 Å². The average molecular weight is 819 g/mol. The molecule has 60 heavy (non-hydrogen) atoms. The van der Waals surface area contributed by atoms with E-state index in [9.17, 15) is 27.6 Å². The summed E-state index contributed by atoms with van der Waals surface area (Å²) in [7, 11) is 0. The molecule has 0 bridgehead atoms. The van der Waals surface area contributed by atoms with Gasteiger partial charge in [0.2, 0.25) is 5.91 Å². The second kappa shape index (κ2) is 16.6. The number of hydrogen-bond donors (Lipinski definition) is 2. The van der Waals surface area contributed by atoms with Gasteiger partial charge in [-0.05, 0) is 72.7 Å². The number of rotatable bonds is 6. The number of hydrogen-bond acceptors (Lipinski definition) is 11. The third kappa shape index (κ3) is 8.20. The number of pyridine rings is 1. The molecule has 4 atom stereocenters. The van der Waals surface area contributed by atoms with Crippen LogP contribution in [-0.2, 0) is 25.5 Å². The maximum Gasteiger partial charge on any atom is 1.00 e. The third-order valence-corrected chi connectivity index (χ3v) is 12.6. The molecule has 4 aromatic rings. The Hall–Kier alpha value is -4.72. The first-order chi connectivity index (χ1) is 28.4. The Morgan fingerprint density at radius 1 is 1.08 bits per heavy atom. The van der Waals surface area contributed by atoms with Gasteiger partial charge in [-0.1, -0.05) is 6.07 Å². The van der Waals surface area contributed by atoms with Crippen LogP contribution in [-0.4, -0.2) is 126 Å². The maximum absolute atomic E-state index is 13.8. The van der Waals surface area contributed by atoms with Crippen LogP contribution in [0.5, 0.6) is 5.75 Å². The van der Waals surface area contributed by atoms with Crippen molar-refractivity contribution in [2.24, 2.45) is 5.92 Å². The van der Waals surface area contributed by atoms with Gasteiger partial charge < -0.3 is 40.6 Å². The molecular formula is C43H46F3LiN8O5-2. The number of anilines is 2. The van der Waals surface area contributed by atoms with Crippen molar-refractivity contribution in [2.75, 3.05) is 68.8 Å². The Balaban J connectivity index is 0.000000499. The monoisotopic (exact) mass is 818 g/mol. The summed E-state index contributed by atoms with van der Waals surface area (Å²) >= 11 is 0. The Morgan fingerprint density at radius 2 is 1.92 bits per heavy atom. The Kier molecular flexibility index (Phi) is 11.6. The number of aromatic nitrogens is 3.